The third-order valence-electron chi connectivity index (χ3n) is 4.55. The van der Waals surface area contributed by atoms with Crippen LogP contribution < -0.4 is 19.2 Å². The van der Waals surface area contributed by atoms with Gasteiger partial charge in [-0.3, -0.25) is 9.10 Å². The van der Waals surface area contributed by atoms with Crippen LogP contribution in [0.2, 0.25) is 0 Å². The summed E-state index contributed by atoms with van der Waals surface area (Å²) in [5.74, 6) is 0.0824. The third kappa shape index (κ3) is 5.27. The summed E-state index contributed by atoms with van der Waals surface area (Å²) in [7, 11) is -1.21. The van der Waals surface area contributed by atoms with Gasteiger partial charge in [-0.1, -0.05) is 18.2 Å². The van der Waals surface area contributed by atoms with Crippen molar-refractivity contribution in [3.05, 3.63) is 70.4 Å². The average Bonchev–Trinajstić information content (AvgIpc) is 3.22. The Morgan fingerprint density at radius 1 is 1.09 bits per heavy atom. The van der Waals surface area contributed by atoms with Gasteiger partial charge in [-0.15, -0.1) is 11.3 Å². The number of thiophene rings is 1. The van der Waals surface area contributed by atoms with Crippen LogP contribution in [0, 0.1) is 6.92 Å². The fourth-order valence-corrected chi connectivity index (χ4v) is 5.08. The predicted octanol–water partition coefficient (Wildman–Crippen LogP) is 3.42. The van der Waals surface area contributed by atoms with Crippen LogP contribution in [0.4, 0.5) is 5.69 Å². The number of rotatable bonds is 9. The molecule has 0 fully saturated rings. The molecule has 0 unspecified atom stereocenters. The summed E-state index contributed by atoms with van der Waals surface area (Å²) in [6.07, 6.45) is 1.54. The van der Waals surface area contributed by atoms with E-state index in [1.54, 1.807) is 30.3 Å². The van der Waals surface area contributed by atoms with Crippen molar-refractivity contribution in [2.45, 2.75) is 11.8 Å². The number of nitrogens with one attached hydrogen (secondary N) is 1. The van der Waals surface area contributed by atoms with Crippen molar-refractivity contribution in [1.29, 1.82) is 0 Å². The largest absolute Gasteiger partial charge is 0.493 e. The monoisotopic (exact) mass is 473 g/mol. The van der Waals surface area contributed by atoms with Crippen LogP contribution in [-0.2, 0) is 14.8 Å². The highest BCUT2D eigenvalue weighted by atomic mass is 32.2. The van der Waals surface area contributed by atoms with Gasteiger partial charge in [0.25, 0.3) is 15.9 Å². The fourth-order valence-electron chi connectivity index (χ4n) is 2.86. The molecule has 1 aromatic heterocycles. The summed E-state index contributed by atoms with van der Waals surface area (Å²) in [6, 6.07) is 14.6. The Hall–Kier alpha value is -3.37. The highest BCUT2D eigenvalue weighted by Crippen LogP contribution is 2.32. The van der Waals surface area contributed by atoms with Crippen LogP contribution in [0.3, 0.4) is 0 Å². The maximum atomic E-state index is 13.5. The number of carbonyl (C=O) groups excluding carboxylic acids is 1. The number of sulfonamides is 1. The number of hydrazone groups is 1. The number of para-hydroxylation sites is 1. The minimum atomic E-state index is -4.09. The smallest absolute Gasteiger partial charge is 0.264 e. The van der Waals surface area contributed by atoms with Crippen molar-refractivity contribution in [2.24, 2.45) is 5.10 Å². The summed E-state index contributed by atoms with van der Waals surface area (Å²) in [4.78, 5) is 13.4. The summed E-state index contributed by atoms with van der Waals surface area (Å²) < 4.78 is 38.3. The molecule has 0 saturated heterocycles. The van der Waals surface area contributed by atoms with E-state index in [-0.39, 0.29) is 10.6 Å². The van der Waals surface area contributed by atoms with E-state index in [0.717, 1.165) is 14.7 Å². The molecule has 3 rings (SSSR count). The maximum absolute atomic E-state index is 13.5. The van der Waals surface area contributed by atoms with Gasteiger partial charge in [-0.05, 0) is 48.2 Å². The zero-order valence-electron chi connectivity index (χ0n) is 17.8. The normalized spacial score (nSPS) is 11.3. The second kappa shape index (κ2) is 10.3. The lowest BCUT2D eigenvalue weighted by Crippen LogP contribution is -2.39. The molecule has 0 spiro atoms. The molecule has 1 heterocycles. The second-order valence-corrected chi connectivity index (χ2v) is 9.44. The number of nitrogens with zero attached hydrogens (tertiary/aromatic N) is 2. The van der Waals surface area contributed by atoms with Gasteiger partial charge < -0.3 is 9.47 Å². The number of carbonyl (C=O) groups is 1. The Balaban J connectivity index is 1.88. The zero-order valence-corrected chi connectivity index (χ0v) is 19.4. The zero-order chi connectivity index (χ0) is 23.1. The van der Waals surface area contributed by atoms with Crippen molar-refractivity contribution in [3.63, 3.8) is 0 Å². The van der Waals surface area contributed by atoms with Gasteiger partial charge in [0.1, 0.15) is 6.54 Å². The Morgan fingerprint density at radius 3 is 2.44 bits per heavy atom. The first-order chi connectivity index (χ1) is 15.4. The molecule has 1 N–H and O–H groups in total. The van der Waals surface area contributed by atoms with Crippen molar-refractivity contribution < 1.29 is 22.7 Å². The number of methoxy groups -OCH3 is 2. The van der Waals surface area contributed by atoms with E-state index in [4.69, 9.17) is 9.47 Å². The van der Waals surface area contributed by atoms with E-state index in [2.05, 4.69) is 10.5 Å². The topological polar surface area (TPSA) is 97.3 Å². The van der Waals surface area contributed by atoms with Gasteiger partial charge in [0, 0.05) is 10.9 Å². The number of aryl methyl sites for hydroxylation is 1. The first kappa shape index (κ1) is 23.3. The predicted molar refractivity (Wildman–Crippen MR) is 125 cm³/mol. The maximum Gasteiger partial charge on any atom is 0.264 e. The van der Waals surface area contributed by atoms with Crippen molar-refractivity contribution in [2.75, 3.05) is 25.1 Å². The average molecular weight is 474 g/mol. The fraction of sp³-hybridized carbons (Fsp3) is 0.182. The number of amides is 1. The van der Waals surface area contributed by atoms with E-state index in [9.17, 15) is 13.2 Å². The van der Waals surface area contributed by atoms with Crippen molar-refractivity contribution >= 4 is 39.2 Å². The molecule has 1 amide bonds. The molecule has 3 aromatic rings. The van der Waals surface area contributed by atoms with E-state index in [1.165, 1.54) is 50.0 Å². The lowest BCUT2D eigenvalue weighted by molar-refractivity contribution is -0.119. The Bertz CT molecular complexity index is 1210. The molecule has 0 bridgehead atoms. The van der Waals surface area contributed by atoms with Gasteiger partial charge >= 0.3 is 0 Å². The van der Waals surface area contributed by atoms with Gasteiger partial charge in [-0.25, -0.2) is 13.8 Å². The molecule has 0 radical (unpaired) electrons. The molecule has 0 saturated carbocycles. The molecule has 2 aromatic carbocycles. The number of benzene rings is 2. The first-order valence-corrected chi connectivity index (χ1v) is 11.8. The molecule has 10 heteroatoms. The molecular formula is C22H23N3O5S2. The number of hydrogen-bond donors (Lipinski definition) is 1. The minimum Gasteiger partial charge on any atom is -0.493 e. The van der Waals surface area contributed by atoms with Gasteiger partial charge in [0.05, 0.1) is 31.0 Å². The molecule has 0 aliphatic carbocycles. The molecule has 32 heavy (non-hydrogen) atoms. The molecular weight excluding hydrogens is 450 g/mol. The Kier molecular flexibility index (Phi) is 7.49. The van der Waals surface area contributed by atoms with Crippen LogP contribution in [0.15, 0.2) is 70.0 Å². The summed E-state index contributed by atoms with van der Waals surface area (Å²) >= 11 is 1.49. The molecule has 0 aliphatic rings. The number of anilines is 1. The van der Waals surface area contributed by atoms with Crippen molar-refractivity contribution in [3.8, 4) is 11.5 Å². The van der Waals surface area contributed by atoms with Gasteiger partial charge in [0.15, 0.2) is 11.5 Å². The minimum absolute atomic E-state index is 0.0375. The van der Waals surface area contributed by atoms with E-state index in [0.29, 0.717) is 11.4 Å². The van der Waals surface area contributed by atoms with E-state index >= 15 is 0 Å². The molecule has 168 valence electrons. The van der Waals surface area contributed by atoms with Crippen LogP contribution in [0.5, 0.6) is 11.5 Å². The van der Waals surface area contributed by atoms with Gasteiger partial charge in [0.2, 0.25) is 0 Å². The van der Waals surface area contributed by atoms with Gasteiger partial charge in [-0.2, -0.15) is 5.10 Å². The summed E-state index contributed by atoms with van der Waals surface area (Å²) in [5.41, 5.74) is 3.78. The molecule has 0 atom stereocenters. The highest BCUT2D eigenvalue weighted by molar-refractivity contribution is 7.92. The second-order valence-electron chi connectivity index (χ2n) is 6.63. The van der Waals surface area contributed by atoms with Crippen LogP contribution >= 0.6 is 11.3 Å². The van der Waals surface area contributed by atoms with Crippen molar-refractivity contribution in [1.82, 2.24) is 5.43 Å². The SMILES string of the molecule is COc1ccc(S(=O)(=O)N(CC(=O)N/N=C\c2sccc2C)c2ccccc2)cc1OC. The Morgan fingerprint density at radius 2 is 1.81 bits per heavy atom. The number of ether oxygens (including phenoxy) is 2. The van der Waals surface area contributed by atoms with E-state index in [1.807, 2.05) is 18.4 Å². The number of hydrogen-bond acceptors (Lipinski definition) is 7. The first-order valence-electron chi connectivity index (χ1n) is 9.52. The lowest BCUT2D eigenvalue weighted by Gasteiger charge is -2.24. The quantitative estimate of drug-likeness (QED) is 0.379. The Labute approximate surface area is 191 Å². The van der Waals surface area contributed by atoms with Crippen LogP contribution in [-0.4, -0.2) is 41.3 Å². The lowest BCUT2D eigenvalue weighted by atomic mass is 10.3. The highest BCUT2D eigenvalue weighted by Gasteiger charge is 2.28. The summed E-state index contributed by atoms with van der Waals surface area (Å²) in [5, 5.41) is 5.88. The molecule has 0 aliphatic heterocycles. The van der Waals surface area contributed by atoms with E-state index < -0.39 is 22.5 Å². The summed E-state index contributed by atoms with van der Waals surface area (Å²) in [6.45, 7) is 1.48. The standard InChI is InChI=1S/C22H23N3O5S2/c1-16-11-12-31-21(16)14-23-24-22(26)15-25(17-7-5-4-6-8-17)32(27,28)18-9-10-19(29-2)20(13-18)30-3/h4-14H,15H2,1-3H3,(H,24,26)/b23-14-. The molecule has 8 nitrogen and oxygen atoms in total. The van der Waals surface area contributed by atoms with Crippen LogP contribution in [0.1, 0.15) is 10.4 Å². The third-order valence-corrected chi connectivity index (χ3v) is 7.27. The van der Waals surface area contributed by atoms with Crippen LogP contribution in [0.25, 0.3) is 0 Å².